The van der Waals surface area contributed by atoms with Crippen LogP contribution in [0.4, 0.5) is 0 Å². The van der Waals surface area contributed by atoms with E-state index in [1.807, 2.05) is 44.2 Å². The summed E-state index contributed by atoms with van der Waals surface area (Å²) in [7, 11) is -0.672. The third-order valence-corrected chi connectivity index (χ3v) is 6.21. The maximum Gasteiger partial charge on any atom is 0.306 e. The number of carbonyl (C=O) groups is 1. The van der Waals surface area contributed by atoms with Crippen LogP contribution >= 0.6 is 0 Å². The van der Waals surface area contributed by atoms with Gasteiger partial charge < -0.3 is 14.7 Å². The van der Waals surface area contributed by atoms with Crippen LogP contribution in [0.25, 0.3) is 11.1 Å². The van der Waals surface area contributed by atoms with Gasteiger partial charge in [-0.3, -0.25) is 14.7 Å². The average Bonchev–Trinajstić information content (AvgIpc) is 3.02. The molecule has 10 heteroatoms. The Labute approximate surface area is 204 Å². The van der Waals surface area contributed by atoms with Gasteiger partial charge in [0.15, 0.2) is 11.5 Å². The fourth-order valence-electron chi connectivity index (χ4n) is 4.23. The Hall–Kier alpha value is -3.92. The Kier molecular flexibility index (Phi) is 6.02. The number of ether oxygens (including phenoxy) is 1. The van der Waals surface area contributed by atoms with Crippen LogP contribution in [0.15, 0.2) is 59.6 Å². The summed E-state index contributed by atoms with van der Waals surface area (Å²) in [6.45, 7) is 3.72. The first kappa shape index (κ1) is 24.2. The van der Waals surface area contributed by atoms with E-state index in [9.17, 15) is 13.2 Å². The van der Waals surface area contributed by atoms with Gasteiger partial charge in [0.05, 0.1) is 13.4 Å². The van der Waals surface area contributed by atoms with Gasteiger partial charge in [-0.2, -0.15) is 8.42 Å². The lowest BCUT2D eigenvalue weighted by molar-refractivity contribution is -0.129. The highest BCUT2D eigenvalue weighted by atomic mass is 32.2. The number of hydrogen-bond donors (Lipinski definition) is 1. The number of aryl methyl sites for hydroxylation is 2. The first-order valence-electron chi connectivity index (χ1n) is 10.7. The number of likely N-dealkylation sites (N-methyl/N-ethyl adjacent to an activating group) is 1. The third-order valence-electron chi connectivity index (χ3n) is 5.72. The average molecular weight is 495 g/mol. The number of amides is 1. The maximum atomic E-state index is 13.6. The number of methoxy groups -OCH3 is 1. The van der Waals surface area contributed by atoms with Crippen LogP contribution in [0.1, 0.15) is 22.5 Å². The normalized spacial score (nSPS) is 17.9. The van der Waals surface area contributed by atoms with Crippen molar-refractivity contribution in [2.75, 3.05) is 20.4 Å². The molecule has 0 aliphatic carbocycles. The van der Waals surface area contributed by atoms with Crippen LogP contribution < -0.4 is 14.7 Å². The molecule has 2 heterocycles. The van der Waals surface area contributed by atoms with Crippen LogP contribution in [0.2, 0.25) is 0 Å². The highest BCUT2D eigenvalue weighted by Gasteiger charge is 2.49. The number of aromatic nitrogens is 1. The molecule has 2 N–H and O–H groups in total. The molecule has 182 valence electrons. The number of nitrogens with two attached hydrogens (primary N) is 1. The molecule has 35 heavy (non-hydrogen) atoms. The van der Waals surface area contributed by atoms with E-state index in [0.29, 0.717) is 28.0 Å². The smallest absolute Gasteiger partial charge is 0.306 e. The summed E-state index contributed by atoms with van der Waals surface area (Å²) in [5, 5.41) is 0. The van der Waals surface area contributed by atoms with Crippen molar-refractivity contribution in [1.29, 1.82) is 0 Å². The summed E-state index contributed by atoms with van der Waals surface area (Å²) >= 11 is 0. The van der Waals surface area contributed by atoms with Crippen LogP contribution in [-0.4, -0.2) is 50.6 Å². The fourth-order valence-corrected chi connectivity index (χ4v) is 4.68. The van der Waals surface area contributed by atoms with Gasteiger partial charge in [0.25, 0.3) is 5.91 Å². The van der Waals surface area contributed by atoms with Crippen molar-refractivity contribution in [2.24, 2.45) is 10.7 Å². The molecule has 1 aromatic heterocycles. The predicted octanol–water partition coefficient (Wildman–Crippen LogP) is 2.74. The fraction of sp³-hybridized carbons (Fsp3) is 0.240. The third kappa shape index (κ3) is 4.57. The molecule has 1 amide bonds. The quantitative estimate of drug-likeness (QED) is 0.523. The Bertz CT molecular complexity index is 1450. The number of hydrogen-bond acceptors (Lipinski definition) is 8. The highest BCUT2D eigenvalue weighted by Crippen LogP contribution is 2.41. The first-order valence-corrected chi connectivity index (χ1v) is 12.5. The zero-order valence-corrected chi connectivity index (χ0v) is 20.9. The van der Waals surface area contributed by atoms with E-state index in [1.165, 1.54) is 18.1 Å². The monoisotopic (exact) mass is 494 g/mol. The summed E-state index contributed by atoms with van der Waals surface area (Å²) in [6.07, 6.45) is 0.972. The van der Waals surface area contributed by atoms with Gasteiger partial charge in [0, 0.05) is 24.5 Å². The molecule has 0 bridgehead atoms. The number of benzene rings is 2. The van der Waals surface area contributed by atoms with Gasteiger partial charge in [-0.15, -0.1) is 0 Å². The van der Waals surface area contributed by atoms with Crippen molar-refractivity contribution in [3.8, 4) is 22.6 Å². The second kappa shape index (κ2) is 8.70. The predicted molar refractivity (Wildman–Crippen MR) is 133 cm³/mol. The number of pyridine rings is 1. The largest absolute Gasteiger partial charge is 0.497 e. The van der Waals surface area contributed by atoms with Crippen molar-refractivity contribution in [3.63, 3.8) is 0 Å². The first-order chi connectivity index (χ1) is 16.4. The van der Waals surface area contributed by atoms with Crippen molar-refractivity contribution >= 4 is 22.0 Å². The van der Waals surface area contributed by atoms with Crippen LogP contribution in [0.5, 0.6) is 11.5 Å². The van der Waals surface area contributed by atoms with Gasteiger partial charge in [-0.05, 0) is 66.4 Å². The van der Waals surface area contributed by atoms with Crippen molar-refractivity contribution in [1.82, 2.24) is 9.88 Å². The molecular formula is C25H26N4O5S. The number of nitrogens with zero attached hydrogens (tertiary/aromatic N) is 3. The van der Waals surface area contributed by atoms with Crippen LogP contribution in [-0.2, 0) is 20.5 Å². The van der Waals surface area contributed by atoms with Gasteiger partial charge in [-0.25, -0.2) is 4.99 Å². The van der Waals surface area contributed by atoms with Gasteiger partial charge in [0.2, 0.25) is 0 Å². The minimum atomic E-state index is -3.74. The molecule has 0 saturated heterocycles. The van der Waals surface area contributed by atoms with Crippen LogP contribution in [0.3, 0.4) is 0 Å². The topological polar surface area (TPSA) is 124 Å². The van der Waals surface area contributed by atoms with E-state index in [0.717, 1.165) is 17.6 Å². The minimum absolute atomic E-state index is 0.109. The van der Waals surface area contributed by atoms with Crippen LogP contribution in [0, 0.1) is 13.8 Å². The number of rotatable bonds is 6. The number of carbonyl (C=O) groups excluding carboxylic acids is 1. The lowest BCUT2D eigenvalue weighted by Crippen LogP contribution is -2.41. The molecule has 3 aromatic rings. The highest BCUT2D eigenvalue weighted by molar-refractivity contribution is 7.86. The van der Waals surface area contributed by atoms with E-state index >= 15 is 0 Å². The molecule has 0 fully saturated rings. The zero-order valence-electron chi connectivity index (χ0n) is 20.1. The van der Waals surface area contributed by atoms with Gasteiger partial charge in [0.1, 0.15) is 11.5 Å². The molecule has 0 spiro atoms. The molecule has 4 rings (SSSR count). The molecule has 1 aliphatic rings. The SMILES string of the molecule is COc1cc(OS(C)(=O)=O)cc(-c2cccc(C3(c4cc(C)nc(C)c4)N=C(N)N(C)C3=O)c2)c1. The lowest BCUT2D eigenvalue weighted by Gasteiger charge is -2.27. The Balaban J connectivity index is 1.92. The molecule has 2 aromatic carbocycles. The molecular weight excluding hydrogens is 468 g/mol. The summed E-state index contributed by atoms with van der Waals surface area (Å²) in [4.78, 5) is 24.0. The molecule has 9 nitrogen and oxygen atoms in total. The van der Waals surface area contributed by atoms with Crippen molar-refractivity contribution in [3.05, 3.63) is 77.1 Å². The zero-order chi connectivity index (χ0) is 25.5. The Morgan fingerprint density at radius 2 is 1.60 bits per heavy atom. The second-order valence-electron chi connectivity index (χ2n) is 8.45. The van der Waals surface area contributed by atoms with Gasteiger partial charge in [-0.1, -0.05) is 18.2 Å². The van der Waals surface area contributed by atoms with E-state index in [-0.39, 0.29) is 17.6 Å². The van der Waals surface area contributed by atoms with E-state index in [4.69, 9.17) is 14.7 Å². The molecule has 1 atom stereocenters. The summed E-state index contributed by atoms with van der Waals surface area (Å²) in [5.74, 6) is 0.350. The van der Waals surface area contributed by atoms with Crippen molar-refractivity contribution in [2.45, 2.75) is 19.4 Å². The molecule has 1 unspecified atom stereocenters. The number of aliphatic imine (C=N–C) groups is 1. The molecule has 0 saturated carbocycles. The number of guanidine groups is 1. The minimum Gasteiger partial charge on any atom is -0.497 e. The van der Waals surface area contributed by atoms with Gasteiger partial charge >= 0.3 is 10.1 Å². The van der Waals surface area contributed by atoms with E-state index < -0.39 is 15.7 Å². The van der Waals surface area contributed by atoms with E-state index in [2.05, 4.69) is 9.98 Å². The molecule has 1 aliphatic heterocycles. The van der Waals surface area contributed by atoms with E-state index in [1.54, 1.807) is 25.2 Å². The summed E-state index contributed by atoms with van der Waals surface area (Å²) in [6, 6.07) is 15.8. The standard InChI is InChI=1S/C25H26N4O5S/c1-15-9-20(10-16(2)27-15)25(23(30)29(3)24(26)28-25)19-8-6-7-17(11-19)18-12-21(33-4)14-22(13-18)34-35(5,31)32/h6-14H,1-5H3,(H2,26,28). The lowest BCUT2D eigenvalue weighted by atomic mass is 9.81. The second-order valence-corrected chi connectivity index (χ2v) is 10.0. The maximum absolute atomic E-state index is 13.6. The summed E-state index contributed by atoms with van der Waals surface area (Å²) in [5.41, 5.74) is 8.83. The Morgan fingerprint density at radius 3 is 2.17 bits per heavy atom. The molecule has 0 radical (unpaired) electrons. The Morgan fingerprint density at radius 1 is 0.943 bits per heavy atom. The summed E-state index contributed by atoms with van der Waals surface area (Å²) < 4.78 is 33.8. The van der Waals surface area contributed by atoms with Crippen molar-refractivity contribution < 1.29 is 22.1 Å².